The van der Waals surface area contributed by atoms with Gasteiger partial charge in [0.1, 0.15) is 5.15 Å². The van der Waals surface area contributed by atoms with E-state index in [1.807, 2.05) is 55.5 Å². The third-order valence-corrected chi connectivity index (χ3v) is 3.23. The molecule has 2 aromatic carbocycles. The van der Waals surface area contributed by atoms with E-state index < -0.39 is 0 Å². The monoisotopic (exact) mass is 254 g/mol. The van der Waals surface area contributed by atoms with Gasteiger partial charge in [-0.25, -0.2) is 9.97 Å². The van der Waals surface area contributed by atoms with Crippen LogP contribution in [-0.2, 0) is 0 Å². The summed E-state index contributed by atoms with van der Waals surface area (Å²) in [6.07, 6.45) is 0. The number of hydrogen-bond donors (Lipinski definition) is 0. The van der Waals surface area contributed by atoms with Crippen LogP contribution in [0, 0.1) is 6.92 Å². The molecule has 0 spiro atoms. The van der Waals surface area contributed by atoms with Crippen molar-refractivity contribution in [3.05, 3.63) is 59.2 Å². The molecule has 0 unspecified atom stereocenters. The quantitative estimate of drug-likeness (QED) is 0.607. The minimum atomic E-state index is 0.499. The molecule has 3 aromatic rings. The van der Waals surface area contributed by atoms with Crippen LogP contribution in [0.15, 0.2) is 48.5 Å². The van der Waals surface area contributed by atoms with Gasteiger partial charge in [-0.15, -0.1) is 0 Å². The van der Waals surface area contributed by atoms with Gasteiger partial charge in [0.15, 0.2) is 5.82 Å². The lowest BCUT2D eigenvalue weighted by Gasteiger charge is -2.06. The first-order chi connectivity index (χ1) is 8.75. The smallest absolute Gasteiger partial charge is 0.161 e. The Kier molecular flexibility index (Phi) is 2.73. The molecule has 0 aliphatic rings. The SMILES string of the molecule is Cc1ccccc1-c1nc(Cl)c2ccccc2n1. The highest BCUT2D eigenvalue weighted by atomic mass is 35.5. The van der Waals surface area contributed by atoms with E-state index in [9.17, 15) is 0 Å². The third-order valence-electron chi connectivity index (χ3n) is 2.94. The zero-order valence-corrected chi connectivity index (χ0v) is 10.6. The fourth-order valence-electron chi connectivity index (χ4n) is 1.98. The Morgan fingerprint density at radius 1 is 0.889 bits per heavy atom. The molecule has 0 fully saturated rings. The van der Waals surface area contributed by atoms with Crippen LogP contribution >= 0.6 is 11.6 Å². The van der Waals surface area contributed by atoms with Crippen molar-refractivity contribution in [2.75, 3.05) is 0 Å². The van der Waals surface area contributed by atoms with Crippen LogP contribution in [0.4, 0.5) is 0 Å². The molecule has 0 bridgehead atoms. The Hall–Kier alpha value is -1.93. The second-order valence-electron chi connectivity index (χ2n) is 4.17. The van der Waals surface area contributed by atoms with Crippen LogP contribution in [0.2, 0.25) is 5.15 Å². The van der Waals surface area contributed by atoms with Gasteiger partial charge in [0.05, 0.1) is 5.52 Å². The van der Waals surface area contributed by atoms with E-state index in [0.717, 1.165) is 22.0 Å². The van der Waals surface area contributed by atoms with Crippen molar-refractivity contribution in [1.82, 2.24) is 9.97 Å². The molecule has 0 aliphatic carbocycles. The number of rotatable bonds is 1. The molecule has 0 aliphatic heterocycles. The van der Waals surface area contributed by atoms with Crippen LogP contribution in [0.5, 0.6) is 0 Å². The van der Waals surface area contributed by atoms with Crippen molar-refractivity contribution in [3.8, 4) is 11.4 Å². The molecule has 0 amide bonds. The van der Waals surface area contributed by atoms with E-state index in [-0.39, 0.29) is 0 Å². The number of hydrogen-bond acceptors (Lipinski definition) is 2. The first kappa shape index (κ1) is 11.2. The van der Waals surface area contributed by atoms with E-state index in [0.29, 0.717) is 11.0 Å². The third kappa shape index (κ3) is 1.85. The Morgan fingerprint density at radius 2 is 1.61 bits per heavy atom. The molecule has 1 heterocycles. The highest BCUT2D eigenvalue weighted by Gasteiger charge is 2.08. The first-order valence-electron chi connectivity index (χ1n) is 5.74. The van der Waals surface area contributed by atoms with Gasteiger partial charge in [-0.2, -0.15) is 0 Å². The normalized spacial score (nSPS) is 10.8. The van der Waals surface area contributed by atoms with Gasteiger partial charge in [-0.05, 0) is 24.6 Å². The Bertz CT molecular complexity index is 723. The molecule has 2 nitrogen and oxygen atoms in total. The van der Waals surface area contributed by atoms with Gasteiger partial charge in [-0.1, -0.05) is 48.0 Å². The molecule has 88 valence electrons. The van der Waals surface area contributed by atoms with Crippen molar-refractivity contribution in [2.45, 2.75) is 6.92 Å². The topological polar surface area (TPSA) is 25.8 Å². The van der Waals surface area contributed by atoms with E-state index in [1.165, 1.54) is 0 Å². The summed E-state index contributed by atoms with van der Waals surface area (Å²) in [5.74, 6) is 0.678. The van der Waals surface area contributed by atoms with Crippen LogP contribution in [0.1, 0.15) is 5.56 Å². The van der Waals surface area contributed by atoms with Gasteiger partial charge >= 0.3 is 0 Å². The Morgan fingerprint density at radius 3 is 2.44 bits per heavy atom. The molecule has 3 rings (SSSR count). The molecule has 18 heavy (non-hydrogen) atoms. The number of halogens is 1. The summed E-state index contributed by atoms with van der Waals surface area (Å²) in [6, 6.07) is 15.8. The molecule has 1 aromatic heterocycles. The Balaban J connectivity index is 2.28. The van der Waals surface area contributed by atoms with Crippen LogP contribution in [0.25, 0.3) is 22.3 Å². The molecule has 0 N–H and O–H groups in total. The Labute approximate surface area is 110 Å². The number of nitrogens with zero attached hydrogens (tertiary/aromatic N) is 2. The summed E-state index contributed by atoms with van der Waals surface area (Å²) in [5.41, 5.74) is 3.03. The average molecular weight is 255 g/mol. The molecule has 0 atom stereocenters. The summed E-state index contributed by atoms with van der Waals surface area (Å²) < 4.78 is 0. The maximum atomic E-state index is 6.21. The predicted molar refractivity (Wildman–Crippen MR) is 74.7 cm³/mol. The fraction of sp³-hybridized carbons (Fsp3) is 0.0667. The predicted octanol–water partition coefficient (Wildman–Crippen LogP) is 4.26. The zero-order valence-electron chi connectivity index (χ0n) is 9.89. The number of aromatic nitrogens is 2. The molecule has 3 heteroatoms. The molecular weight excluding hydrogens is 244 g/mol. The molecular formula is C15H11ClN2. The van der Waals surface area contributed by atoms with Crippen molar-refractivity contribution in [3.63, 3.8) is 0 Å². The van der Waals surface area contributed by atoms with Crippen molar-refractivity contribution in [1.29, 1.82) is 0 Å². The summed E-state index contributed by atoms with van der Waals surface area (Å²) >= 11 is 6.21. The summed E-state index contributed by atoms with van der Waals surface area (Å²) in [7, 11) is 0. The van der Waals surface area contributed by atoms with Crippen molar-refractivity contribution < 1.29 is 0 Å². The summed E-state index contributed by atoms with van der Waals surface area (Å²) in [5, 5.41) is 1.38. The van der Waals surface area contributed by atoms with Crippen LogP contribution < -0.4 is 0 Å². The van der Waals surface area contributed by atoms with Crippen molar-refractivity contribution in [2.24, 2.45) is 0 Å². The lowest BCUT2D eigenvalue weighted by molar-refractivity contribution is 1.21. The lowest BCUT2D eigenvalue weighted by atomic mass is 10.1. The minimum absolute atomic E-state index is 0.499. The average Bonchev–Trinajstić information content (AvgIpc) is 2.39. The molecule has 0 saturated heterocycles. The number of aryl methyl sites for hydroxylation is 1. The molecule has 0 saturated carbocycles. The number of benzene rings is 2. The maximum Gasteiger partial charge on any atom is 0.161 e. The molecule has 0 radical (unpaired) electrons. The van der Waals surface area contributed by atoms with Gasteiger partial charge in [-0.3, -0.25) is 0 Å². The summed E-state index contributed by atoms with van der Waals surface area (Å²) in [4.78, 5) is 8.96. The van der Waals surface area contributed by atoms with E-state index >= 15 is 0 Å². The largest absolute Gasteiger partial charge is 0.228 e. The maximum absolute atomic E-state index is 6.21. The standard InChI is InChI=1S/C15H11ClN2/c1-10-6-2-3-7-11(10)15-17-13-9-5-4-8-12(13)14(16)18-15/h2-9H,1H3. The van der Waals surface area contributed by atoms with Gasteiger partial charge in [0.25, 0.3) is 0 Å². The number of fused-ring (bicyclic) bond motifs is 1. The van der Waals surface area contributed by atoms with Gasteiger partial charge < -0.3 is 0 Å². The highest BCUT2D eigenvalue weighted by Crippen LogP contribution is 2.26. The minimum Gasteiger partial charge on any atom is -0.228 e. The van der Waals surface area contributed by atoms with Gasteiger partial charge in [0.2, 0.25) is 0 Å². The van der Waals surface area contributed by atoms with Crippen LogP contribution in [-0.4, -0.2) is 9.97 Å². The van der Waals surface area contributed by atoms with Crippen molar-refractivity contribution >= 4 is 22.5 Å². The summed E-state index contributed by atoms with van der Waals surface area (Å²) in [6.45, 7) is 2.04. The van der Waals surface area contributed by atoms with Crippen LogP contribution in [0.3, 0.4) is 0 Å². The van der Waals surface area contributed by atoms with E-state index in [2.05, 4.69) is 9.97 Å². The van der Waals surface area contributed by atoms with E-state index in [4.69, 9.17) is 11.6 Å². The second-order valence-corrected chi connectivity index (χ2v) is 4.53. The first-order valence-corrected chi connectivity index (χ1v) is 6.12. The zero-order chi connectivity index (χ0) is 12.5. The highest BCUT2D eigenvalue weighted by molar-refractivity contribution is 6.34. The van der Waals surface area contributed by atoms with Gasteiger partial charge in [0, 0.05) is 10.9 Å². The second kappa shape index (κ2) is 4.39. The fourth-order valence-corrected chi connectivity index (χ4v) is 2.22. The lowest BCUT2D eigenvalue weighted by Crippen LogP contribution is -1.93. The van der Waals surface area contributed by atoms with E-state index in [1.54, 1.807) is 0 Å². The number of para-hydroxylation sites is 1.